The van der Waals surface area contributed by atoms with Gasteiger partial charge in [-0.15, -0.1) is 0 Å². The third-order valence-corrected chi connectivity index (χ3v) is 5.95. The van der Waals surface area contributed by atoms with Crippen LogP contribution >= 0.6 is 11.6 Å². The molecule has 1 unspecified atom stereocenters. The molecule has 1 saturated carbocycles. The molecule has 2 amide bonds. The van der Waals surface area contributed by atoms with Crippen LogP contribution in [0.15, 0.2) is 53.7 Å². The molecule has 5 rings (SSSR count). The molecule has 0 saturated heterocycles. The average molecular weight is 479 g/mol. The number of carbonyl (C=O) groups is 2. The van der Waals surface area contributed by atoms with Gasteiger partial charge >= 0.3 is 0 Å². The summed E-state index contributed by atoms with van der Waals surface area (Å²) in [5.41, 5.74) is 0.718. The van der Waals surface area contributed by atoms with Crippen molar-refractivity contribution >= 4 is 23.4 Å². The number of amides is 2. The number of aliphatic hydroxyl groups is 1. The lowest BCUT2D eigenvalue weighted by Gasteiger charge is -2.52. The maximum absolute atomic E-state index is 13.5. The smallest absolute Gasteiger partial charge is 0.262 e. The van der Waals surface area contributed by atoms with Crippen LogP contribution in [0.5, 0.6) is 11.5 Å². The fraction of sp³-hybridized carbons (Fsp3) is 0.304. The molecule has 1 atom stereocenters. The maximum Gasteiger partial charge on any atom is 0.262 e. The van der Waals surface area contributed by atoms with Crippen molar-refractivity contribution in [2.45, 2.75) is 30.9 Å². The quantitative estimate of drug-likeness (QED) is 0.542. The van der Waals surface area contributed by atoms with Gasteiger partial charge in [-0.3, -0.25) is 9.59 Å². The summed E-state index contributed by atoms with van der Waals surface area (Å²) >= 11 is 5.62. The van der Waals surface area contributed by atoms with Gasteiger partial charge in [0.05, 0.1) is 16.7 Å². The number of hydrogen-bond acceptors (Lipinski definition) is 5. The number of ether oxygens (including phenoxy) is 2. The lowest BCUT2D eigenvalue weighted by Crippen LogP contribution is -2.65. The van der Waals surface area contributed by atoms with Crippen LogP contribution in [0.4, 0.5) is 8.78 Å². The van der Waals surface area contributed by atoms with Gasteiger partial charge < -0.3 is 25.2 Å². The van der Waals surface area contributed by atoms with E-state index < -0.39 is 35.1 Å². The Morgan fingerprint density at radius 3 is 2.33 bits per heavy atom. The minimum absolute atomic E-state index is 0.0466. The number of halogens is 3. The number of carbonyl (C=O) groups excluding carboxylic acids is 2. The SMILES string of the molecule is O=C(COc1ccc(F)cc1)NC1=C2CC(NC(=O)COc3ccc(Cl)c(F)c3)(C2)C(O)C1. The maximum atomic E-state index is 13.5. The second kappa shape index (κ2) is 9.36. The summed E-state index contributed by atoms with van der Waals surface area (Å²) in [6.07, 6.45) is 0.0508. The van der Waals surface area contributed by atoms with E-state index in [1.807, 2.05) is 0 Å². The third-order valence-electron chi connectivity index (χ3n) is 5.64. The number of benzene rings is 2. The van der Waals surface area contributed by atoms with Gasteiger partial charge in [0.2, 0.25) is 0 Å². The second-order valence-corrected chi connectivity index (χ2v) is 8.42. The van der Waals surface area contributed by atoms with Crippen molar-refractivity contribution in [3.8, 4) is 11.5 Å². The van der Waals surface area contributed by atoms with Crippen molar-refractivity contribution in [1.82, 2.24) is 10.6 Å². The van der Waals surface area contributed by atoms with Crippen LogP contribution in [0.3, 0.4) is 0 Å². The van der Waals surface area contributed by atoms with Gasteiger partial charge in [-0.1, -0.05) is 11.6 Å². The first-order valence-corrected chi connectivity index (χ1v) is 10.6. The number of nitrogens with one attached hydrogen (secondary N) is 2. The van der Waals surface area contributed by atoms with Gasteiger partial charge in [0.1, 0.15) is 23.1 Å². The van der Waals surface area contributed by atoms with Gasteiger partial charge in [0.25, 0.3) is 11.8 Å². The highest BCUT2D eigenvalue weighted by molar-refractivity contribution is 6.30. The summed E-state index contributed by atoms with van der Waals surface area (Å²) in [6.45, 7) is -0.609. The molecule has 0 spiro atoms. The van der Waals surface area contributed by atoms with E-state index in [1.165, 1.54) is 36.4 Å². The summed E-state index contributed by atoms with van der Waals surface area (Å²) < 4.78 is 37.0. The highest BCUT2D eigenvalue weighted by Crippen LogP contribution is 2.47. The zero-order chi connectivity index (χ0) is 23.6. The third kappa shape index (κ3) is 5.26. The predicted molar refractivity (Wildman–Crippen MR) is 115 cm³/mol. The standard InChI is InChI=1S/C23H21ClF2N2O5/c24-17-6-5-16(7-18(17)26)33-12-22(31)28-23-9-13(10-23)19(8-20(23)29)27-21(30)11-32-15-3-1-14(25)2-4-15/h1-7,20,29H,8-12H2,(H,27,30)(H,28,31). The number of fused-ring (bicyclic) bond motifs is 2. The Morgan fingerprint density at radius 1 is 1.03 bits per heavy atom. The Kier molecular flexibility index (Phi) is 6.53. The molecule has 3 aliphatic rings. The van der Waals surface area contributed by atoms with E-state index in [0.717, 1.165) is 11.6 Å². The van der Waals surface area contributed by atoms with Crippen LogP contribution in [0.2, 0.25) is 5.02 Å². The number of aliphatic hydroxyl groups excluding tert-OH is 1. The molecule has 0 radical (unpaired) electrons. The molecule has 0 heterocycles. The molecule has 174 valence electrons. The second-order valence-electron chi connectivity index (χ2n) is 8.02. The largest absolute Gasteiger partial charge is 0.484 e. The molecule has 0 aromatic heterocycles. The Balaban J connectivity index is 1.26. The lowest BCUT2D eigenvalue weighted by molar-refractivity contribution is -0.129. The number of hydrogen-bond donors (Lipinski definition) is 3. The molecule has 10 heteroatoms. The van der Waals surface area contributed by atoms with Gasteiger partial charge in [0, 0.05) is 18.2 Å². The lowest BCUT2D eigenvalue weighted by atomic mass is 9.62. The highest BCUT2D eigenvalue weighted by atomic mass is 35.5. The summed E-state index contributed by atoms with van der Waals surface area (Å²) in [6, 6.07) is 9.17. The van der Waals surface area contributed by atoms with Crippen LogP contribution < -0.4 is 20.1 Å². The van der Waals surface area contributed by atoms with E-state index in [-0.39, 0.29) is 30.4 Å². The fourth-order valence-corrected chi connectivity index (χ4v) is 4.03. The molecule has 1 fully saturated rings. The van der Waals surface area contributed by atoms with Crippen LogP contribution in [0.25, 0.3) is 0 Å². The Bertz CT molecular complexity index is 1100. The monoisotopic (exact) mass is 478 g/mol. The molecule has 3 N–H and O–H groups in total. The summed E-state index contributed by atoms with van der Waals surface area (Å²) in [5, 5.41) is 16.1. The molecule has 33 heavy (non-hydrogen) atoms. The molecular formula is C23H21ClF2N2O5. The van der Waals surface area contributed by atoms with Gasteiger partial charge in [-0.2, -0.15) is 0 Å². The van der Waals surface area contributed by atoms with E-state index in [4.69, 9.17) is 21.1 Å². The van der Waals surface area contributed by atoms with E-state index in [1.54, 1.807) is 0 Å². The number of rotatable bonds is 8. The van der Waals surface area contributed by atoms with Crippen molar-refractivity contribution in [3.63, 3.8) is 0 Å². The Labute approximate surface area is 193 Å². The minimum atomic E-state index is -0.903. The Hall–Kier alpha value is -3.17. The zero-order valence-electron chi connectivity index (χ0n) is 17.4. The predicted octanol–water partition coefficient (Wildman–Crippen LogP) is 2.86. The first-order valence-electron chi connectivity index (χ1n) is 10.2. The molecule has 0 aliphatic heterocycles. The van der Waals surface area contributed by atoms with Crippen LogP contribution in [-0.2, 0) is 9.59 Å². The van der Waals surface area contributed by atoms with Crippen LogP contribution in [0.1, 0.15) is 19.3 Å². The first kappa shape index (κ1) is 23.0. The van der Waals surface area contributed by atoms with E-state index in [0.29, 0.717) is 24.3 Å². The van der Waals surface area contributed by atoms with Crippen molar-refractivity contribution in [2.75, 3.05) is 13.2 Å². The first-order chi connectivity index (χ1) is 15.7. The molecular weight excluding hydrogens is 458 g/mol. The van der Waals surface area contributed by atoms with Gasteiger partial charge in [-0.25, -0.2) is 8.78 Å². The molecule has 7 nitrogen and oxygen atoms in total. The summed E-state index contributed by atoms with van der Waals surface area (Å²) in [7, 11) is 0. The van der Waals surface area contributed by atoms with E-state index in [9.17, 15) is 23.5 Å². The van der Waals surface area contributed by atoms with Gasteiger partial charge in [-0.05, 0) is 54.8 Å². The van der Waals surface area contributed by atoms with Crippen LogP contribution in [0, 0.1) is 11.6 Å². The van der Waals surface area contributed by atoms with E-state index in [2.05, 4.69) is 10.6 Å². The summed E-state index contributed by atoms with van der Waals surface area (Å²) in [4.78, 5) is 24.5. The van der Waals surface area contributed by atoms with E-state index >= 15 is 0 Å². The van der Waals surface area contributed by atoms with Crippen LogP contribution in [-0.4, -0.2) is 41.8 Å². The molecule has 2 aromatic rings. The Morgan fingerprint density at radius 2 is 1.67 bits per heavy atom. The normalized spacial score (nSPS) is 21.2. The fourth-order valence-electron chi connectivity index (χ4n) is 3.92. The van der Waals surface area contributed by atoms with Crippen molar-refractivity contribution in [2.24, 2.45) is 0 Å². The topological polar surface area (TPSA) is 96.9 Å². The highest BCUT2D eigenvalue weighted by Gasteiger charge is 2.52. The zero-order valence-corrected chi connectivity index (χ0v) is 18.1. The molecule has 2 bridgehead atoms. The van der Waals surface area contributed by atoms with Gasteiger partial charge in [0.15, 0.2) is 13.2 Å². The average Bonchev–Trinajstić information content (AvgIpc) is 2.75. The minimum Gasteiger partial charge on any atom is -0.484 e. The molecule has 2 aromatic carbocycles. The van der Waals surface area contributed by atoms with Crippen molar-refractivity contribution in [1.29, 1.82) is 0 Å². The summed E-state index contributed by atoms with van der Waals surface area (Å²) in [5.74, 6) is -1.38. The molecule has 3 aliphatic carbocycles. The van der Waals surface area contributed by atoms with Crippen molar-refractivity contribution in [3.05, 3.63) is 70.4 Å². The van der Waals surface area contributed by atoms with Crippen molar-refractivity contribution < 1.29 is 33.0 Å².